The van der Waals surface area contributed by atoms with E-state index in [4.69, 9.17) is 16.6 Å². The first kappa shape index (κ1) is 23.3. The summed E-state index contributed by atoms with van der Waals surface area (Å²) in [4.78, 5) is 14.8. The summed E-state index contributed by atoms with van der Waals surface area (Å²) in [6, 6.07) is 0.188. The van der Waals surface area contributed by atoms with Gasteiger partial charge in [0.05, 0.1) is 12.5 Å². The van der Waals surface area contributed by atoms with Crippen molar-refractivity contribution in [3.63, 3.8) is 0 Å². The predicted octanol–water partition coefficient (Wildman–Crippen LogP) is 5.95. The van der Waals surface area contributed by atoms with Gasteiger partial charge in [-0.1, -0.05) is 74.5 Å². The van der Waals surface area contributed by atoms with Gasteiger partial charge in [0, 0.05) is 11.8 Å². The topological polar surface area (TPSA) is 29.5 Å². The lowest BCUT2D eigenvalue weighted by Crippen LogP contribution is -2.46. The summed E-state index contributed by atoms with van der Waals surface area (Å²) < 4.78 is 8.20. The maximum atomic E-state index is 13.0. The number of hydrogen-bond acceptors (Lipinski definition) is 4. The average molecular weight is 467 g/mol. The molecule has 3 nitrogen and oxygen atoms in total. The van der Waals surface area contributed by atoms with Gasteiger partial charge in [0.25, 0.3) is 0 Å². The van der Waals surface area contributed by atoms with E-state index in [1.807, 2.05) is 17.9 Å². The molecule has 0 saturated carbocycles. The molecule has 1 rings (SSSR count). The zero-order valence-electron chi connectivity index (χ0n) is 16.7. The quantitative estimate of drug-likeness (QED) is 0.357. The molecule has 0 aromatic rings. The fourth-order valence-corrected chi connectivity index (χ4v) is 5.65. The molecule has 7 heteroatoms. The second-order valence-corrected chi connectivity index (χ2v) is 16.2. The number of hydrogen-bond donors (Lipinski definition) is 0. The van der Waals surface area contributed by atoms with Crippen LogP contribution < -0.4 is 0 Å². The molecule has 1 saturated heterocycles. The van der Waals surface area contributed by atoms with Gasteiger partial charge >= 0.3 is 0 Å². The first-order chi connectivity index (χ1) is 11.3. The van der Waals surface area contributed by atoms with E-state index in [0.29, 0.717) is 16.7 Å². The van der Waals surface area contributed by atoms with Crippen LogP contribution in [0.25, 0.3) is 0 Å². The van der Waals surface area contributed by atoms with Crippen molar-refractivity contribution < 1.29 is 9.22 Å². The van der Waals surface area contributed by atoms with Crippen molar-refractivity contribution in [3.8, 4) is 0 Å². The molecule has 0 aromatic heterocycles. The molecule has 0 bridgehead atoms. The van der Waals surface area contributed by atoms with Gasteiger partial charge in [-0.25, -0.2) is 0 Å². The second-order valence-electron chi connectivity index (χ2n) is 8.53. The van der Waals surface area contributed by atoms with Crippen LogP contribution in [0.2, 0.25) is 18.1 Å². The number of thioether (sulfide) groups is 1. The Morgan fingerprint density at radius 1 is 1.48 bits per heavy atom. The van der Waals surface area contributed by atoms with Gasteiger partial charge in [-0.15, -0.1) is 0 Å². The highest BCUT2D eigenvalue weighted by Crippen LogP contribution is 2.38. The molecule has 1 aliphatic heterocycles. The molecule has 0 spiro atoms. The zero-order chi connectivity index (χ0) is 19.6. The Morgan fingerprint density at radius 2 is 2.04 bits per heavy atom. The van der Waals surface area contributed by atoms with E-state index in [-0.39, 0.29) is 23.1 Å². The maximum Gasteiger partial charge on any atom is 0.231 e. The summed E-state index contributed by atoms with van der Waals surface area (Å²) >= 11 is 10.5. The Labute approximate surface area is 172 Å². The summed E-state index contributed by atoms with van der Waals surface area (Å²) in [6.07, 6.45) is 2.11. The van der Waals surface area contributed by atoms with Crippen molar-refractivity contribution >= 4 is 58.5 Å². The zero-order valence-corrected chi connectivity index (χ0v) is 20.9. The molecule has 0 unspecified atom stereocenters. The van der Waals surface area contributed by atoms with E-state index in [0.717, 1.165) is 10.2 Å². The Balaban J connectivity index is 2.97. The smallest absolute Gasteiger partial charge is 0.231 e. The fourth-order valence-electron chi connectivity index (χ4n) is 2.43. The SMILES string of the molecule is C/C(Br)=C\[C@H](CC(=O)N1C(=S)SC[C@H]1C(C)C)O[Si](C)(C)C(C)(C)C. The molecule has 144 valence electrons. The molecule has 2 atom stereocenters. The monoisotopic (exact) mass is 465 g/mol. The highest BCUT2D eigenvalue weighted by Gasteiger charge is 2.41. The van der Waals surface area contributed by atoms with Gasteiger partial charge in [0.1, 0.15) is 4.32 Å². The van der Waals surface area contributed by atoms with Crippen LogP contribution in [0.15, 0.2) is 10.6 Å². The minimum Gasteiger partial charge on any atom is -0.410 e. The van der Waals surface area contributed by atoms with Gasteiger partial charge < -0.3 is 4.43 Å². The minimum atomic E-state index is -1.97. The van der Waals surface area contributed by atoms with Crippen LogP contribution in [0.4, 0.5) is 0 Å². The molecule has 0 N–H and O–H groups in total. The van der Waals surface area contributed by atoms with Crippen LogP contribution in [-0.2, 0) is 9.22 Å². The second kappa shape index (κ2) is 9.00. The third-order valence-corrected chi connectivity index (χ3v) is 11.3. The summed E-state index contributed by atoms with van der Waals surface area (Å²) in [7, 11) is -1.97. The van der Waals surface area contributed by atoms with E-state index < -0.39 is 8.32 Å². The van der Waals surface area contributed by atoms with E-state index >= 15 is 0 Å². The van der Waals surface area contributed by atoms with Gasteiger partial charge in [-0.05, 0) is 41.5 Å². The third-order valence-electron chi connectivity index (χ3n) is 4.99. The molecule has 0 radical (unpaired) electrons. The number of carbonyl (C=O) groups is 1. The minimum absolute atomic E-state index is 0.0717. The normalized spacial score (nSPS) is 21.2. The number of allylic oxidation sites excluding steroid dienone is 1. The Hall–Kier alpha value is 0.307. The van der Waals surface area contributed by atoms with Crippen LogP contribution in [0.5, 0.6) is 0 Å². The van der Waals surface area contributed by atoms with Crippen molar-refractivity contribution in [2.24, 2.45) is 5.92 Å². The molecule has 1 heterocycles. The summed E-state index contributed by atoms with van der Waals surface area (Å²) in [5.41, 5.74) is 0. The highest BCUT2D eigenvalue weighted by molar-refractivity contribution is 9.11. The highest BCUT2D eigenvalue weighted by atomic mass is 79.9. The van der Waals surface area contributed by atoms with Crippen LogP contribution in [0, 0.1) is 5.92 Å². The van der Waals surface area contributed by atoms with Gasteiger partial charge in [-0.2, -0.15) is 0 Å². The Morgan fingerprint density at radius 3 is 2.48 bits per heavy atom. The van der Waals surface area contributed by atoms with Crippen molar-refractivity contribution in [1.29, 1.82) is 0 Å². The molecule has 1 aliphatic rings. The number of halogens is 1. The van der Waals surface area contributed by atoms with E-state index in [2.05, 4.69) is 63.6 Å². The molecular weight excluding hydrogens is 434 g/mol. The van der Waals surface area contributed by atoms with Crippen molar-refractivity contribution in [2.45, 2.75) is 78.2 Å². The molecule has 25 heavy (non-hydrogen) atoms. The Bertz CT molecular complexity index is 540. The first-order valence-electron chi connectivity index (χ1n) is 8.77. The number of thiocarbonyl (C=S) groups is 1. The summed E-state index contributed by atoms with van der Waals surface area (Å²) in [5, 5.41) is 0.0988. The third kappa shape index (κ3) is 6.45. The van der Waals surface area contributed by atoms with Crippen LogP contribution in [0.3, 0.4) is 0 Å². The van der Waals surface area contributed by atoms with Crippen molar-refractivity contribution in [3.05, 3.63) is 10.6 Å². The van der Waals surface area contributed by atoms with E-state index in [1.165, 1.54) is 0 Å². The molecule has 0 aliphatic carbocycles. The van der Waals surface area contributed by atoms with Gasteiger partial charge in [0.15, 0.2) is 8.32 Å². The van der Waals surface area contributed by atoms with Crippen molar-refractivity contribution in [1.82, 2.24) is 4.90 Å². The fraction of sp³-hybridized carbons (Fsp3) is 0.778. The van der Waals surface area contributed by atoms with Crippen LogP contribution >= 0.6 is 39.9 Å². The van der Waals surface area contributed by atoms with Crippen LogP contribution in [0.1, 0.15) is 48.0 Å². The van der Waals surface area contributed by atoms with Crippen molar-refractivity contribution in [2.75, 3.05) is 5.75 Å². The maximum absolute atomic E-state index is 13.0. The number of rotatable bonds is 6. The molecule has 0 aromatic carbocycles. The standard InChI is InChI=1S/C18H32BrNO2S2Si/c1-12(2)15-11-24-17(23)20(15)16(21)10-14(9-13(3)19)22-25(7,8)18(4,5)6/h9,12,14-15H,10-11H2,1-8H3/b13-9+/t14-,15+/m1/s1. The largest absolute Gasteiger partial charge is 0.410 e. The van der Waals surface area contributed by atoms with E-state index in [1.54, 1.807) is 11.8 Å². The van der Waals surface area contributed by atoms with Gasteiger partial charge in [-0.3, -0.25) is 9.69 Å². The molecule has 1 amide bonds. The van der Waals surface area contributed by atoms with Crippen LogP contribution in [-0.4, -0.2) is 41.3 Å². The summed E-state index contributed by atoms with van der Waals surface area (Å²) in [6.45, 7) is 17.3. The lowest BCUT2D eigenvalue weighted by Gasteiger charge is -2.39. The first-order valence-corrected chi connectivity index (χ1v) is 13.9. The number of amides is 1. The number of nitrogens with zero attached hydrogens (tertiary/aromatic N) is 1. The van der Waals surface area contributed by atoms with Gasteiger partial charge in [0.2, 0.25) is 5.91 Å². The van der Waals surface area contributed by atoms with E-state index in [9.17, 15) is 4.79 Å². The average Bonchev–Trinajstić information content (AvgIpc) is 2.77. The number of carbonyl (C=O) groups excluding carboxylic acids is 1. The molecule has 1 fully saturated rings. The lowest BCUT2D eigenvalue weighted by atomic mass is 10.0. The lowest BCUT2D eigenvalue weighted by molar-refractivity contribution is -0.130. The predicted molar refractivity (Wildman–Crippen MR) is 120 cm³/mol. The molecular formula is C18H32BrNO2S2Si. The Kier molecular flexibility index (Phi) is 8.40. The summed E-state index contributed by atoms with van der Waals surface area (Å²) in [5.74, 6) is 1.36.